The number of fused-ring (bicyclic) bond motifs is 9. The Morgan fingerprint density at radius 2 is 1.67 bits per heavy atom. The molecule has 218 valence electrons. The summed E-state index contributed by atoms with van der Waals surface area (Å²) in [7, 11) is 0. The first-order valence-corrected chi connectivity index (χ1v) is 17.1. The first kappa shape index (κ1) is 27.1. The van der Waals surface area contributed by atoms with Gasteiger partial charge < -0.3 is 5.32 Å². The molecular formula is C33H29N3O4S3. The van der Waals surface area contributed by atoms with E-state index < -0.39 is 0 Å². The lowest BCUT2D eigenvalue weighted by Gasteiger charge is -2.42. The molecule has 0 radical (unpaired) electrons. The molecule has 3 fully saturated rings. The van der Waals surface area contributed by atoms with E-state index in [1.807, 2.05) is 68.4 Å². The van der Waals surface area contributed by atoms with Gasteiger partial charge in [-0.3, -0.25) is 28.6 Å². The lowest BCUT2D eigenvalue weighted by molar-refractivity contribution is -0.123. The fourth-order valence-electron chi connectivity index (χ4n) is 8.04. The molecule has 2 bridgehead atoms. The second-order valence-electron chi connectivity index (χ2n) is 12.1. The summed E-state index contributed by atoms with van der Waals surface area (Å²) in [4.78, 5) is 58.0. The van der Waals surface area contributed by atoms with Crippen molar-refractivity contribution in [1.82, 2.24) is 4.57 Å². The van der Waals surface area contributed by atoms with E-state index in [0.29, 0.717) is 5.69 Å². The van der Waals surface area contributed by atoms with Crippen LogP contribution in [0.4, 0.5) is 11.4 Å². The second kappa shape index (κ2) is 10.0. The Bertz CT molecular complexity index is 1840. The number of benzene rings is 2. The van der Waals surface area contributed by atoms with Crippen LogP contribution in [0.15, 0.2) is 75.9 Å². The molecular weight excluding hydrogens is 599 g/mol. The van der Waals surface area contributed by atoms with Crippen molar-refractivity contribution >= 4 is 63.5 Å². The van der Waals surface area contributed by atoms with Gasteiger partial charge in [-0.2, -0.15) is 0 Å². The lowest BCUT2D eigenvalue weighted by atomic mass is 9.69. The molecule has 1 saturated heterocycles. The summed E-state index contributed by atoms with van der Waals surface area (Å²) >= 11 is 4.56. The van der Waals surface area contributed by atoms with Crippen LogP contribution in [0.5, 0.6) is 0 Å². The Morgan fingerprint density at radius 3 is 2.40 bits per heavy atom. The number of carbonyl (C=O) groups excluding carboxylic acids is 3. The van der Waals surface area contributed by atoms with Gasteiger partial charge in [0.1, 0.15) is 6.54 Å². The van der Waals surface area contributed by atoms with Crippen molar-refractivity contribution in [2.75, 3.05) is 10.2 Å². The molecule has 43 heavy (non-hydrogen) atoms. The SMILES string of the molecule is Cc1ccc(N2C(=O)C3C4CC(C3C2=O)C2C(c3cccs3)c3sc(=O)n(CC(=O)Nc5ccccc5C)c3SC42)cc1. The highest BCUT2D eigenvalue weighted by Crippen LogP contribution is 2.69. The van der Waals surface area contributed by atoms with Crippen LogP contribution in [0.3, 0.4) is 0 Å². The number of amides is 3. The topological polar surface area (TPSA) is 88.5 Å². The van der Waals surface area contributed by atoms with Crippen molar-refractivity contribution < 1.29 is 14.4 Å². The zero-order chi connectivity index (χ0) is 29.6. The van der Waals surface area contributed by atoms with E-state index in [1.165, 1.54) is 21.1 Å². The van der Waals surface area contributed by atoms with E-state index in [1.54, 1.807) is 27.7 Å². The number of thiophene rings is 1. The molecule has 7 atom stereocenters. The van der Waals surface area contributed by atoms with Crippen molar-refractivity contribution in [3.63, 3.8) is 0 Å². The normalized spacial score (nSPS) is 28.6. The number of hydrogen-bond donors (Lipinski definition) is 1. The molecule has 1 N–H and O–H groups in total. The fraction of sp³-hybridized carbons (Fsp3) is 0.333. The minimum atomic E-state index is -0.346. The first-order chi connectivity index (χ1) is 20.8. The van der Waals surface area contributed by atoms with Crippen LogP contribution < -0.4 is 15.1 Å². The Hall–Kier alpha value is -3.47. The standard InChI is InChI=1S/C33H29N3O4S3/c1-16-9-11-18(12-10-16)36-30(38)25-19-14-20(26(25)31(36)39)28-24(19)27(22-8-5-13-41-22)29-32(42-28)35(33(40)43-29)15-23(37)34-21-7-4-3-6-17(21)2/h3-13,19-20,24-28H,14-15H2,1-2H3,(H,34,37). The average Bonchev–Trinajstić information content (AvgIpc) is 3.81. The number of aromatic nitrogens is 1. The largest absolute Gasteiger partial charge is 0.324 e. The third-order valence-electron chi connectivity index (χ3n) is 9.81. The van der Waals surface area contributed by atoms with Crippen LogP contribution >= 0.6 is 34.4 Å². The first-order valence-electron chi connectivity index (χ1n) is 14.6. The summed E-state index contributed by atoms with van der Waals surface area (Å²) in [5, 5.41) is 5.95. The molecule has 4 aromatic rings. The summed E-state index contributed by atoms with van der Waals surface area (Å²) < 4.78 is 1.62. The van der Waals surface area contributed by atoms with Crippen LogP contribution in [-0.2, 0) is 20.9 Å². The van der Waals surface area contributed by atoms with E-state index >= 15 is 0 Å². The Balaban J connectivity index is 1.16. The molecule has 8 rings (SSSR count). The highest BCUT2D eigenvalue weighted by Gasteiger charge is 2.70. The zero-order valence-corrected chi connectivity index (χ0v) is 26.0. The quantitative estimate of drug-likeness (QED) is 0.278. The van der Waals surface area contributed by atoms with Crippen molar-refractivity contribution in [2.24, 2.45) is 29.6 Å². The number of carbonyl (C=O) groups is 3. The molecule has 4 heterocycles. The van der Waals surface area contributed by atoms with E-state index in [0.717, 1.165) is 33.1 Å². The number of nitrogens with one attached hydrogen (secondary N) is 1. The molecule has 0 spiro atoms. The molecule has 7 unspecified atom stereocenters. The molecule has 2 aliphatic heterocycles. The number of aryl methyl sites for hydroxylation is 2. The van der Waals surface area contributed by atoms with E-state index in [-0.39, 0.29) is 69.9 Å². The maximum Gasteiger partial charge on any atom is 0.308 e. The third-order valence-corrected chi connectivity index (χ3v) is 13.6. The molecule has 2 saturated carbocycles. The minimum Gasteiger partial charge on any atom is -0.324 e. The lowest BCUT2D eigenvalue weighted by Crippen LogP contribution is -2.43. The van der Waals surface area contributed by atoms with Crippen molar-refractivity contribution in [3.8, 4) is 0 Å². The Kier molecular flexibility index (Phi) is 6.33. The molecule has 2 aromatic carbocycles. The van der Waals surface area contributed by atoms with Gasteiger partial charge in [0.05, 0.1) is 22.5 Å². The molecule has 2 aromatic heterocycles. The zero-order valence-electron chi connectivity index (χ0n) is 23.6. The smallest absolute Gasteiger partial charge is 0.308 e. The molecule has 7 nitrogen and oxygen atoms in total. The number of thioether (sulfide) groups is 1. The third kappa shape index (κ3) is 4.06. The predicted molar refractivity (Wildman–Crippen MR) is 170 cm³/mol. The molecule has 10 heteroatoms. The number of imide groups is 1. The van der Waals surface area contributed by atoms with Gasteiger partial charge in [0.15, 0.2) is 0 Å². The molecule has 4 aliphatic rings. The number of nitrogens with zero attached hydrogens (tertiary/aromatic N) is 2. The monoisotopic (exact) mass is 627 g/mol. The maximum atomic E-state index is 13.9. The number of hydrogen-bond acceptors (Lipinski definition) is 7. The molecule has 3 amide bonds. The summed E-state index contributed by atoms with van der Waals surface area (Å²) in [6.07, 6.45) is 0.839. The number of anilines is 2. The summed E-state index contributed by atoms with van der Waals surface area (Å²) in [6, 6.07) is 19.3. The second-order valence-corrected chi connectivity index (χ2v) is 15.2. The van der Waals surface area contributed by atoms with Gasteiger partial charge in [-0.05, 0) is 73.2 Å². The van der Waals surface area contributed by atoms with Gasteiger partial charge in [-0.25, -0.2) is 0 Å². The van der Waals surface area contributed by atoms with Gasteiger partial charge >= 0.3 is 4.87 Å². The average molecular weight is 628 g/mol. The minimum absolute atomic E-state index is 0.0353. The number of rotatable bonds is 5. The van der Waals surface area contributed by atoms with Crippen LogP contribution in [-0.4, -0.2) is 27.5 Å². The van der Waals surface area contributed by atoms with Gasteiger partial charge in [0.2, 0.25) is 17.7 Å². The van der Waals surface area contributed by atoms with E-state index in [4.69, 9.17) is 0 Å². The van der Waals surface area contributed by atoms with Crippen molar-refractivity contribution in [2.45, 2.75) is 43.0 Å². The van der Waals surface area contributed by atoms with Crippen molar-refractivity contribution in [1.29, 1.82) is 0 Å². The van der Waals surface area contributed by atoms with E-state index in [2.05, 4.69) is 16.8 Å². The highest BCUT2D eigenvalue weighted by atomic mass is 32.2. The van der Waals surface area contributed by atoms with Gasteiger partial charge in [-0.15, -0.1) is 23.1 Å². The van der Waals surface area contributed by atoms with Gasteiger partial charge in [0.25, 0.3) is 0 Å². The number of para-hydroxylation sites is 1. The van der Waals surface area contributed by atoms with Gasteiger partial charge in [0, 0.05) is 26.6 Å². The fourth-order valence-corrected chi connectivity index (χ4v) is 12.1. The Morgan fingerprint density at radius 1 is 0.930 bits per heavy atom. The van der Waals surface area contributed by atoms with Crippen LogP contribution in [0.2, 0.25) is 0 Å². The summed E-state index contributed by atoms with van der Waals surface area (Å²) in [6.45, 7) is 3.86. The van der Waals surface area contributed by atoms with Crippen LogP contribution in [0.25, 0.3) is 0 Å². The maximum absolute atomic E-state index is 13.9. The summed E-state index contributed by atoms with van der Waals surface area (Å²) in [5.74, 6) is -0.883. The van der Waals surface area contributed by atoms with Crippen molar-refractivity contribution in [3.05, 3.63) is 96.6 Å². The van der Waals surface area contributed by atoms with Crippen LogP contribution in [0, 0.1) is 43.4 Å². The predicted octanol–water partition coefficient (Wildman–Crippen LogP) is 5.90. The van der Waals surface area contributed by atoms with Gasteiger partial charge in [-0.1, -0.05) is 53.3 Å². The van der Waals surface area contributed by atoms with E-state index in [9.17, 15) is 19.2 Å². The Labute approximate surface area is 260 Å². The van der Waals surface area contributed by atoms with Crippen LogP contribution in [0.1, 0.15) is 33.2 Å². The number of thiazole rings is 1. The molecule has 2 aliphatic carbocycles. The highest BCUT2D eigenvalue weighted by molar-refractivity contribution is 8.00. The summed E-state index contributed by atoms with van der Waals surface area (Å²) in [5.41, 5.74) is 3.41.